The van der Waals surface area contributed by atoms with Crippen LogP contribution in [0.3, 0.4) is 0 Å². The van der Waals surface area contributed by atoms with Gasteiger partial charge in [0.1, 0.15) is 0 Å². The number of unbranched alkanes of at least 4 members (excludes halogenated alkanes) is 1. The second-order valence-corrected chi connectivity index (χ2v) is 8.17. The van der Waals surface area contributed by atoms with Gasteiger partial charge in [-0.05, 0) is 77.9 Å². The zero-order valence-electron chi connectivity index (χ0n) is 17.2. The van der Waals surface area contributed by atoms with E-state index in [1.54, 1.807) is 12.1 Å². The average Bonchev–Trinajstić information content (AvgIpc) is 3.09. The summed E-state index contributed by atoms with van der Waals surface area (Å²) in [6, 6.07) is 11.8. The summed E-state index contributed by atoms with van der Waals surface area (Å²) in [5.41, 5.74) is 1.72. The van der Waals surface area contributed by atoms with Crippen LogP contribution in [0.1, 0.15) is 36.0 Å². The number of nitrogens with zero attached hydrogens (tertiary/aromatic N) is 2. The number of methoxy groups -OCH3 is 1. The van der Waals surface area contributed by atoms with Crippen LogP contribution in [-0.2, 0) is 14.3 Å². The van der Waals surface area contributed by atoms with E-state index >= 15 is 0 Å². The number of fused-ring (bicyclic) bond motifs is 1. The average molecular weight is 548 g/mol. The van der Waals surface area contributed by atoms with Crippen molar-refractivity contribution in [3.05, 3.63) is 51.6 Å². The lowest BCUT2D eigenvalue weighted by atomic mass is 10.1. The Morgan fingerprint density at radius 2 is 1.81 bits per heavy atom. The molecule has 32 heavy (non-hydrogen) atoms. The Balaban J connectivity index is 1.57. The topological polar surface area (TPSA) is 133 Å². The Labute approximate surface area is 197 Å². The molecule has 0 atom stereocenters. The van der Waals surface area contributed by atoms with Crippen molar-refractivity contribution in [1.29, 1.82) is 0 Å². The first kappa shape index (κ1) is 23.4. The number of rotatable bonds is 8. The van der Waals surface area contributed by atoms with E-state index in [1.807, 2.05) is 18.2 Å². The minimum Gasteiger partial charge on any atom is -0.493 e. The normalized spacial score (nSPS) is 11.1. The largest absolute Gasteiger partial charge is 0.493 e. The van der Waals surface area contributed by atoms with Gasteiger partial charge in [0.05, 0.1) is 12.6 Å². The molecule has 1 aromatic heterocycles. The van der Waals surface area contributed by atoms with E-state index in [9.17, 15) is 19.5 Å². The van der Waals surface area contributed by atoms with Crippen LogP contribution in [0.25, 0.3) is 10.9 Å². The number of azo groups is 1. The van der Waals surface area contributed by atoms with E-state index < -0.39 is 5.91 Å². The SMILES string of the molecule is COC(=O)CCCCC(=O)Nc1ccc(C(=O)N=Nc2c(O)[nH]c3ccc(I)cc23)cc1. The van der Waals surface area contributed by atoms with Crippen molar-refractivity contribution in [2.75, 3.05) is 12.4 Å². The van der Waals surface area contributed by atoms with Crippen LogP contribution in [0.4, 0.5) is 11.4 Å². The fraction of sp³-hybridized carbons (Fsp3) is 0.227. The summed E-state index contributed by atoms with van der Waals surface area (Å²) in [6.45, 7) is 0. The molecule has 0 aliphatic heterocycles. The molecule has 3 rings (SSSR count). The minimum absolute atomic E-state index is 0.164. The highest BCUT2D eigenvalue weighted by Gasteiger charge is 2.12. The highest BCUT2D eigenvalue weighted by atomic mass is 127. The second-order valence-electron chi connectivity index (χ2n) is 6.93. The van der Waals surface area contributed by atoms with E-state index in [-0.39, 0.29) is 36.3 Å². The number of hydrogen-bond acceptors (Lipinski definition) is 6. The number of aromatic amines is 1. The molecule has 0 aliphatic rings. The number of anilines is 1. The summed E-state index contributed by atoms with van der Waals surface area (Å²) in [4.78, 5) is 38.2. The molecular formula is C22H21IN4O5. The maximum absolute atomic E-state index is 12.4. The van der Waals surface area contributed by atoms with E-state index in [0.717, 1.165) is 3.57 Å². The number of hydrogen-bond donors (Lipinski definition) is 3. The van der Waals surface area contributed by atoms with Crippen LogP contribution < -0.4 is 5.32 Å². The monoisotopic (exact) mass is 548 g/mol. The number of carbonyl (C=O) groups excluding carboxylic acids is 3. The van der Waals surface area contributed by atoms with Gasteiger partial charge in [-0.15, -0.1) is 10.2 Å². The van der Waals surface area contributed by atoms with E-state index in [2.05, 4.69) is 47.9 Å². The number of esters is 1. The Bertz CT molecular complexity index is 1170. The lowest BCUT2D eigenvalue weighted by molar-refractivity contribution is -0.140. The number of halogens is 1. The zero-order valence-corrected chi connectivity index (χ0v) is 19.4. The number of nitrogens with one attached hydrogen (secondary N) is 2. The molecule has 0 spiro atoms. The van der Waals surface area contributed by atoms with Gasteiger partial charge in [0.25, 0.3) is 5.91 Å². The molecular weight excluding hydrogens is 527 g/mol. The number of aromatic nitrogens is 1. The van der Waals surface area contributed by atoms with Crippen LogP contribution in [0.15, 0.2) is 52.7 Å². The second kappa shape index (κ2) is 10.8. The predicted octanol–water partition coefficient (Wildman–Crippen LogP) is 5.07. The summed E-state index contributed by atoms with van der Waals surface area (Å²) in [5, 5.41) is 21.1. The first-order chi connectivity index (χ1) is 15.4. The summed E-state index contributed by atoms with van der Waals surface area (Å²) in [7, 11) is 1.33. The fourth-order valence-corrected chi connectivity index (χ4v) is 3.46. The van der Waals surface area contributed by atoms with E-state index in [4.69, 9.17) is 0 Å². The van der Waals surface area contributed by atoms with Crippen molar-refractivity contribution in [2.45, 2.75) is 25.7 Å². The Morgan fingerprint density at radius 1 is 1.09 bits per heavy atom. The van der Waals surface area contributed by atoms with Gasteiger partial charge in [-0.2, -0.15) is 0 Å². The molecule has 0 saturated heterocycles. The standard InChI is InChI=1S/C22H21IN4O5/c1-32-19(29)5-3-2-4-18(28)24-15-9-6-13(7-10-15)21(30)27-26-20-16-12-14(23)8-11-17(16)25-22(20)31/h6-12,25,31H,2-5H2,1H3,(H,24,28). The minimum atomic E-state index is -0.579. The molecule has 166 valence electrons. The maximum Gasteiger partial charge on any atom is 0.305 e. The van der Waals surface area contributed by atoms with Gasteiger partial charge in [0.2, 0.25) is 11.8 Å². The van der Waals surface area contributed by atoms with E-state index in [0.29, 0.717) is 35.0 Å². The summed E-state index contributed by atoms with van der Waals surface area (Å²) < 4.78 is 5.51. The fourth-order valence-electron chi connectivity index (χ4n) is 2.97. The molecule has 0 fully saturated rings. The van der Waals surface area contributed by atoms with Crippen LogP contribution in [0.2, 0.25) is 0 Å². The first-order valence-corrected chi connectivity index (χ1v) is 10.9. The van der Waals surface area contributed by atoms with Gasteiger partial charge in [0.15, 0.2) is 5.69 Å². The third-order valence-corrected chi connectivity index (χ3v) is 5.30. The summed E-state index contributed by atoms with van der Waals surface area (Å²) in [6.07, 6.45) is 1.70. The Kier molecular flexibility index (Phi) is 7.92. The molecule has 0 bridgehead atoms. The van der Waals surface area contributed by atoms with Gasteiger partial charge < -0.3 is 20.1 Å². The molecule has 3 aromatic rings. The van der Waals surface area contributed by atoms with Gasteiger partial charge >= 0.3 is 5.97 Å². The van der Waals surface area contributed by atoms with Crippen LogP contribution in [0, 0.1) is 3.57 Å². The molecule has 2 amide bonds. The maximum atomic E-state index is 12.4. The summed E-state index contributed by atoms with van der Waals surface area (Å²) >= 11 is 2.15. The van der Waals surface area contributed by atoms with Crippen LogP contribution >= 0.6 is 22.6 Å². The molecule has 0 unspecified atom stereocenters. The lowest BCUT2D eigenvalue weighted by Crippen LogP contribution is -2.11. The quantitative estimate of drug-likeness (QED) is 0.156. The molecule has 0 aliphatic carbocycles. The van der Waals surface area contributed by atoms with Gasteiger partial charge in [0, 0.05) is 33.0 Å². The van der Waals surface area contributed by atoms with Gasteiger partial charge in [-0.1, -0.05) is 0 Å². The van der Waals surface area contributed by atoms with Crippen molar-refractivity contribution in [3.63, 3.8) is 0 Å². The van der Waals surface area contributed by atoms with Crippen molar-refractivity contribution < 1.29 is 24.2 Å². The molecule has 3 N–H and O–H groups in total. The molecule has 1 heterocycles. The zero-order chi connectivity index (χ0) is 23.1. The number of H-pyrrole nitrogens is 1. The molecule has 10 heteroatoms. The van der Waals surface area contributed by atoms with Crippen molar-refractivity contribution >= 4 is 62.7 Å². The predicted molar refractivity (Wildman–Crippen MR) is 127 cm³/mol. The number of aromatic hydroxyl groups is 1. The number of benzene rings is 2. The molecule has 0 saturated carbocycles. The van der Waals surface area contributed by atoms with E-state index in [1.165, 1.54) is 19.2 Å². The highest BCUT2D eigenvalue weighted by Crippen LogP contribution is 2.36. The third-order valence-electron chi connectivity index (χ3n) is 4.63. The summed E-state index contributed by atoms with van der Waals surface area (Å²) in [5.74, 6) is -1.22. The van der Waals surface area contributed by atoms with Gasteiger partial charge in [-0.25, -0.2) is 0 Å². The lowest BCUT2D eigenvalue weighted by Gasteiger charge is -2.05. The van der Waals surface area contributed by atoms with Crippen molar-refractivity contribution in [2.24, 2.45) is 10.2 Å². The third kappa shape index (κ3) is 6.13. The number of ether oxygens (including phenoxy) is 1. The molecule has 0 radical (unpaired) electrons. The first-order valence-electron chi connectivity index (χ1n) is 9.80. The number of amides is 2. The Hall–Kier alpha value is -3.28. The molecule has 2 aromatic carbocycles. The van der Waals surface area contributed by atoms with Crippen LogP contribution in [0.5, 0.6) is 5.88 Å². The van der Waals surface area contributed by atoms with Crippen molar-refractivity contribution in [3.8, 4) is 5.88 Å². The van der Waals surface area contributed by atoms with Crippen LogP contribution in [-0.4, -0.2) is 35.0 Å². The Morgan fingerprint density at radius 3 is 2.53 bits per heavy atom. The van der Waals surface area contributed by atoms with Gasteiger partial charge in [-0.3, -0.25) is 14.4 Å². The smallest absolute Gasteiger partial charge is 0.305 e. The highest BCUT2D eigenvalue weighted by molar-refractivity contribution is 14.1. The van der Waals surface area contributed by atoms with Crippen molar-refractivity contribution in [1.82, 2.24) is 4.98 Å². The molecule has 9 nitrogen and oxygen atoms in total. The number of carbonyl (C=O) groups is 3.